The van der Waals surface area contributed by atoms with Gasteiger partial charge in [0, 0.05) is 5.25 Å². The van der Waals surface area contributed by atoms with Crippen LogP contribution in [0.3, 0.4) is 0 Å². The van der Waals surface area contributed by atoms with Crippen LogP contribution in [0.5, 0.6) is 0 Å². The van der Waals surface area contributed by atoms with E-state index in [2.05, 4.69) is 45.7 Å². The lowest BCUT2D eigenvalue weighted by Gasteiger charge is -2.28. The highest BCUT2D eigenvalue weighted by atomic mass is 32.2. The van der Waals surface area contributed by atoms with E-state index in [0.717, 1.165) is 5.25 Å². The third-order valence-electron chi connectivity index (χ3n) is 1.62. The summed E-state index contributed by atoms with van der Waals surface area (Å²) in [5, 5.41) is 0.749. The van der Waals surface area contributed by atoms with Gasteiger partial charge in [0.2, 0.25) is 0 Å². The molecule has 0 aromatic heterocycles. The Bertz CT molecular complexity index is 102. The second-order valence-corrected chi connectivity index (χ2v) is 6.90. The molecule has 11 heavy (non-hydrogen) atoms. The van der Waals surface area contributed by atoms with Crippen LogP contribution < -0.4 is 0 Å². The van der Waals surface area contributed by atoms with Gasteiger partial charge in [-0.15, -0.1) is 23.5 Å². The minimum atomic E-state index is 0.447. The quantitative estimate of drug-likeness (QED) is 0.604. The van der Waals surface area contributed by atoms with Crippen molar-refractivity contribution in [1.82, 2.24) is 0 Å². The lowest BCUT2D eigenvalue weighted by molar-refractivity contribution is 0.744. The maximum Gasteiger partial charge on any atom is 0.0582 e. The van der Waals surface area contributed by atoms with Crippen molar-refractivity contribution >= 4 is 23.5 Å². The highest BCUT2D eigenvalue weighted by molar-refractivity contribution is 8.18. The maximum absolute atomic E-state index is 2.35. The fourth-order valence-electron chi connectivity index (χ4n) is 1.16. The van der Waals surface area contributed by atoms with Crippen molar-refractivity contribution in [1.29, 1.82) is 0 Å². The zero-order valence-electron chi connectivity index (χ0n) is 8.31. The van der Waals surface area contributed by atoms with Crippen molar-refractivity contribution in [3.05, 3.63) is 0 Å². The Morgan fingerprint density at radius 3 is 2.18 bits per heavy atom. The Morgan fingerprint density at radius 1 is 1.36 bits per heavy atom. The van der Waals surface area contributed by atoms with Crippen LogP contribution in [0.4, 0.5) is 0 Å². The second-order valence-electron chi connectivity index (χ2n) is 3.25. The molecule has 1 atom stereocenters. The summed E-state index contributed by atoms with van der Waals surface area (Å²) in [5.41, 5.74) is 0. The first-order valence-corrected chi connectivity index (χ1v) is 6.37. The molecule has 0 fully saturated rings. The fourth-order valence-corrected chi connectivity index (χ4v) is 3.85. The first-order valence-electron chi connectivity index (χ1n) is 4.27. The largest absolute Gasteiger partial charge is 0.148 e. The summed E-state index contributed by atoms with van der Waals surface area (Å²) in [6.45, 7) is 9.16. The van der Waals surface area contributed by atoms with Gasteiger partial charge in [-0.3, -0.25) is 0 Å². The minimum Gasteiger partial charge on any atom is -0.148 e. The van der Waals surface area contributed by atoms with Gasteiger partial charge < -0.3 is 0 Å². The summed E-state index contributed by atoms with van der Waals surface area (Å²) in [4.78, 5) is 0. The SMILES string of the molecule is CCCC(C)(SC)SC(C)C. The van der Waals surface area contributed by atoms with Gasteiger partial charge in [-0.2, -0.15) is 0 Å². The summed E-state index contributed by atoms with van der Waals surface area (Å²) in [6, 6.07) is 0. The van der Waals surface area contributed by atoms with Crippen LogP contribution in [0.1, 0.15) is 40.5 Å². The predicted molar refractivity (Wildman–Crippen MR) is 59.6 cm³/mol. The number of hydrogen-bond acceptors (Lipinski definition) is 2. The highest BCUT2D eigenvalue weighted by Gasteiger charge is 2.23. The zero-order chi connectivity index (χ0) is 8.91. The van der Waals surface area contributed by atoms with Crippen molar-refractivity contribution < 1.29 is 0 Å². The van der Waals surface area contributed by atoms with Crippen LogP contribution in [0.25, 0.3) is 0 Å². The average molecular weight is 192 g/mol. The summed E-state index contributed by atoms with van der Waals surface area (Å²) >= 11 is 4.08. The first-order chi connectivity index (χ1) is 5.04. The number of rotatable bonds is 5. The van der Waals surface area contributed by atoms with Gasteiger partial charge in [0.25, 0.3) is 0 Å². The molecule has 0 aliphatic rings. The van der Waals surface area contributed by atoms with E-state index in [1.165, 1.54) is 12.8 Å². The Balaban J connectivity index is 3.87. The summed E-state index contributed by atoms with van der Waals surface area (Å²) < 4.78 is 0.447. The van der Waals surface area contributed by atoms with E-state index in [-0.39, 0.29) is 0 Å². The monoisotopic (exact) mass is 192 g/mol. The van der Waals surface area contributed by atoms with Gasteiger partial charge in [0.15, 0.2) is 0 Å². The van der Waals surface area contributed by atoms with E-state index >= 15 is 0 Å². The molecule has 0 aliphatic carbocycles. The van der Waals surface area contributed by atoms with Gasteiger partial charge in [0.1, 0.15) is 0 Å². The number of thioether (sulfide) groups is 2. The molecule has 0 spiro atoms. The number of hydrogen-bond donors (Lipinski definition) is 0. The van der Waals surface area contributed by atoms with Crippen molar-refractivity contribution in [3.8, 4) is 0 Å². The summed E-state index contributed by atoms with van der Waals surface area (Å²) in [6.07, 6.45) is 4.82. The second kappa shape index (κ2) is 5.36. The Kier molecular flexibility index (Phi) is 5.71. The maximum atomic E-state index is 2.35. The van der Waals surface area contributed by atoms with Crippen LogP contribution in [0, 0.1) is 0 Å². The van der Waals surface area contributed by atoms with E-state index in [9.17, 15) is 0 Å². The molecule has 1 unspecified atom stereocenters. The van der Waals surface area contributed by atoms with E-state index in [1.807, 2.05) is 11.8 Å². The third kappa shape index (κ3) is 5.02. The molecule has 0 aromatic carbocycles. The average Bonchev–Trinajstić information content (AvgIpc) is 1.87. The van der Waals surface area contributed by atoms with Crippen LogP contribution in [0.2, 0.25) is 0 Å². The van der Waals surface area contributed by atoms with Crippen LogP contribution in [0.15, 0.2) is 0 Å². The van der Waals surface area contributed by atoms with E-state index in [4.69, 9.17) is 0 Å². The molecule has 0 saturated heterocycles. The molecular formula is C9H20S2. The molecule has 0 nitrogen and oxygen atoms in total. The third-order valence-corrected chi connectivity index (χ3v) is 4.65. The van der Waals surface area contributed by atoms with Crippen molar-refractivity contribution in [3.63, 3.8) is 0 Å². The Hall–Kier alpha value is 0.700. The molecule has 0 amide bonds. The first kappa shape index (κ1) is 11.7. The van der Waals surface area contributed by atoms with Gasteiger partial charge in [0.05, 0.1) is 4.08 Å². The topological polar surface area (TPSA) is 0 Å². The lowest BCUT2D eigenvalue weighted by Crippen LogP contribution is -2.16. The summed E-state index contributed by atoms with van der Waals surface area (Å²) in [7, 11) is 0. The molecule has 0 aromatic rings. The lowest BCUT2D eigenvalue weighted by atomic mass is 10.3. The van der Waals surface area contributed by atoms with E-state index < -0.39 is 0 Å². The van der Waals surface area contributed by atoms with Gasteiger partial charge in [-0.05, 0) is 19.6 Å². The van der Waals surface area contributed by atoms with Crippen molar-refractivity contribution in [2.75, 3.05) is 6.26 Å². The molecule has 0 saturated carbocycles. The highest BCUT2D eigenvalue weighted by Crippen LogP contribution is 2.41. The predicted octanol–water partition coefficient (Wildman–Crippen LogP) is 4.01. The van der Waals surface area contributed by atoms with Crippen LogP contribution >= 0.6 is 23.5 Å². The zero-order valence-corrected chi connectivity index (χ0v) is 9.94. The van der Waals surface area contributed by atoms with Gasteiger partial charge in [-0.25, -0.2) is 0 Å². The molecule has 0 bridgehead atoms. The van der Waals surface area contributed by atoms with E-state index in [0.29, 0.717) is 4.08 Å². The summed E-state index contributed by atoms with van der Waals surface area (Å²) in [5.74, 6) is 0. The molecule has 0 N–H and O–H groups in total. The smallest absolute Gasteiger partial charge is 0.0582 e. The van der Waals surface area contributed by atoms with Gasteiger partial charge >= 0.3 is 0 Å². The van der Waals surface area contributed by atoms with Crippen molar-refractivity contribution in [2.24, 2.45) is 0 Å². The standard InChI is InChI=1S/C9H20S2/c1-6-7-9(4,10-5)11-8(2)3/h8H,6-7H2,1-5H3. The molecule has 0 radical (unpaired) electrons. The van der Waals surface area contributed by atoms with Gasteiger partial charge in [-0.1, -0.05) is 27.2 Å². The molecular weight excluding hydrogens is 172 g/mol. The molecule has 0 aliphatic heterocycles. The Labute approximate surface area is 79.9 Å². The van der Waals surface area contributed by atoms with Crippen LogP contribution in [-0.2, 0) is 0 Å². The van der Waals surface area contributed by atoms with E-state index in [1.54, 1.807) is 0 Å². The normalized spacial score (nSPS) is 16.9. The van der Waals surface area contributed by atoms with Crippen LogP contribution in [-0.4, -0.2) is 15.6 Å². The molecule has 0 heterocycles. The minimum absolute atomic E-state index is 0.447. The fraction of sp³-hybridized carbons (Fsp3) is 1.00. The molecule has 2 heteroatoms. The van der Waals surface area contributed by atoms with Crippen molar-refractivity contribution in [2.45, 2.75) is 49.9 Å². The molecule has 68 valence electrons. The molecule has 0 rings (SSSR count). The Morgan fingerprint density at radius 2 is 1.91 bits per heavy atom.